The van der Waals surface area contributed by atoms with Gasteiger partial charge in [0.1, 0.15) is 0 Å². The normalized spacial score (nSPS) is 17.4. The van der Waals surface area contributed by atoms with E-state index in [9.17, 15) is 5.11 Å². The van der Waals surface area contributed by atoms with Crippen LogP contribution in [-0.2, 0) is 11.8 Å². The smallest absolute Gasteiger partial charge is 0.0527 e. The average molecular weight is 219 g/mol. The summed E-state index contributed by atoms with van der Waals surface area (Å²) in [5.74, 6) is 0. The molecule has 1 aliphatic carbocycles. The summed E-state index contributed by atoms with van der Waals surface area (Å²) in [5.41, 5.74) is 8.29. The minimum absolute atomic E-state index is 0.101. The first-order valence-corrected chi connectivity index (χ1v) is 6.21. The maximum Gasteiger partial charge on any atom is 0.0527 e. The van der Waals surface area contributed by atoms with Crippen LogP contribution in [0.25, 0.3) is 0 Å². The van der Waals surface area contributed by atoms with Crippen LogP contribution < -0.4 is 5.73 Å². The third-order valence-electron chi connectivity index (χ3n) is 3.62. The number of nitrogens with two attached hydrogens (primary N) is 1. The maximum absolute atomic E-state index is 9.40. The highest BCUT2D eigenvalue weighted by Crippen LogP contribution is 2.47. The van der Waals surface area contributed by atoms with Gasteiger partial charge in [0.2, 0.25) is 0 Å². The van der Waals surface area contributed by atoms with E-state index >= 15 is 0 Å². The Balaban J connectivity index is 2.02. The van der Waals surface area contributed by atoms with E-state index in [0.717, 1.165) is 38.6 Å². The Bertz CT molecular complexity index is 344. The second kappa shape index (κ2) is 4.98. The van der Waals surface area contributed by atoms with Crippen molar-refractivity contribution >= 4 is 0 Å². The van der Waals surface area contributed by atoms with Gasteiger partial charge in [-0.15, -0.1) is 0 Å². The summed E-state index contributed by atoms with van der Waals surface area (Å²) >= 11 is 0. The zero-order valence-corrected chi connectivity index (χ0v) is 9.78. The standard InChI is InChI=1S/C14H21NO/c15-9-2-1-4-12-5-3-6-13(10-12)14(11-16)7-8-14/h3,5-6,10,16H,1-2,4,7-9,11,15H2. The molecule has 0 unspecified atom stereocenters. The van der Waals surface area contributed by atoms with Crippen LogP contribution >= 0.6 is 0 Å². The van der Waals surface area contributed by atoms with E-state index in [4.69, 9.17) is 5.73 Å². The van der Waals surface area contributed by atoms with Crippen LogP contribution in [0.1, 0.15) is 36.8 Å². The Kier molecular flexibility index (Phi) is 3.62. The van der Waals surface area contributed by atoms with Gasteiger partial charge in [0.25, 0.3) is 0 Å². The molecular formula is C14H21NO. The highest BCUT2D eigenvalue weighted by molar-refractivity contribution is 5.34. The fourth-order valence-electron chi connectivity index (χ4n) is 2.22. The van der Waals surface area contributed by atoms with Gasteiger partial charge >= 0.3 is 0 Å². The molecule has 2 rings (SSSR count). The molecular weight excluding hydrogens is 198 g/mol. The molecule has 1 aliphatic rings. The summed E-state index contributed by atoms with van der Waals surface area (Å²) in [6.45, 7) is 1.07. The van der Waals surface area contributed by atoms with Gasteiger partial charge in [-0.3, -0.25) is 0 Å². The third kappa shape index (κ3) is 2.45. The number of benzene rings is 1. The van der Waals surface area contributed by atoms with Crippen molar-refractivity contribution < 1.29 is 5.11 Å². The van der Waals surface area contributed by atoms with Crippen molar-refractivity contribution in [2.45, 2.75) is 37.5 Å². The zero-order valence-electron chi connectivity index (χ0n) is 9.78. The lowest BCUT2D eigenvalue weighted by molar-refractivity contribution is 0.255. The SMILES string of the molecule is NCCCCc1cccc(C2(CO)CC2)c1. The van der Waals surface area contributed by atoms with E-state index in [1.54, 1.807) is 0 Å². The average Bonchev–Trinajstić information content (AvgIpc) is 3.11. The molecule has 0 aromatic heterocycles. The molecule has 0 atom stereocenters. The van der Waals surface area contributed by atoms with Crippen molar-refractivity contribution in [2.24, 2.45) is 5.73 Å². The quantitative estimate of drug-likeness (QED) is 0.719. The number of aliphatic hydroxyl groups excluding tert-OH is 1. The summed E-state index contributed by atoms with van der Waals surface area (Å²) in [6, 6.07) is 8.70. The first kappa shape index (κ1) is 11.6. The van der Waals surface area contributed by atoms with Crippen molar-refractivity contribution in [1.82, 2.24) is 0 Å². The molecule has 0 aliphatic heterocycles. The fourth-order valence-corrected chi connectivity index (χ4v) is 2.22. The van der Waals surface area contributed by atoms with E-state index in [-0.39, 0.29) is 5.41 Å². The molecule has 2 nitrogen and oxygen atoms in total. The van der Waals surface area contributed by atoms with Gasteiger partial charge in [0.05, 0.1) is 6.61 Å². The molecule has 2 heteroatoms. The molecule has 0 bridgehead atoms. The number of unbranched alkanes of at least 4 members (excludes halogenated alkanes) is 1. The van der Waals surface area contributed by atoms with Gasteiger partial charge in [0, 0.05) is 5.41 Å². The molecule has 0 spiro atoms. The second-order valence-electron chi connectivity index (χ2n) is 4.88. The lowest BCUT2D eigenvalue weighted by Crippen LogP contribution is -2.12. The first-order chi connectivity index (χ1) is 7.80. The van der Waals surface area contributed by atoms with Crippen LogP contribution in [0, 0.1) is 0 Å². The maximum atomic E-state index is 9.40. The van der Waals surface area contributed by atoms with Gasteiger partial charge in [-0.2, -0.15) is 0 Å². The van der Waals surface area contributed by atoms with E-state index in [1.807, 2.05) is 0 Å². The number of aryl methyl sites for hydroxylation is 1. The molecule has 0 radical (unpaired) electrons. The minimum Gasteiger partial charge on any atom is -0.395 e. The van der Waals surface area contributed by atoms with Crippen LogP contribution in [0.3, 0.4) is 0 Å². The third-order valence-corrected chi connectivity index (χ3v) is 3.62. The van der Waals surface area contributed by atoms with Crippen molar-refractivity contribution in [3.05, 3.63) is 35.4 Å². The first-order valence-electron chi connectivity index (χ1n) is 6.21. The summed E-state index contributed by atoms with van der Waals surface area (Å²) in [5, 5.41) is 9.40. The van der Waals surface area contributed by atoms with Crippen molar-refractivity contribution in [3.8, 4) is 0 Å². The number of aliphatic hydroxyl groups is 1. The van der Waals surface area contributed by atoms with Gasteiger partial charge in [0.15, 0.2) is 0 Å². The molecule has 16 heavy (non-hydrogen) atoms. The number of hydrogen-bond acceptors (Lipinski definition) is 2. The fraction of sp³-hybridized carbons (Fsp3) is 0.571. The van der Waals surface area contributed by atoms with Gasteiger partial charge < -0.3 is 10.8 Å². The highest BCUT2D eigenvalue weighted by atomic mass is 16.3. The Morgan fingerprint density at radius 1 is 1.25 bits per heavy atom. The number of hydrogen-bond donors (Lipinski definition) is 2. The lowest BCUT2D eigenvalue weighted by atomic mass is 9.94. The topological polar surface area (TPSA) is 46.2 Å². The summed E-state index contributed by atoms with van der Waals surface area (Å²) in [4.78, 5) is 0. The molecule has 88 valence electrons. The minimum atomic E-state index is 0.101. The summed E-state index contributed by atoms with van der Waals surface area (Å²) in [6.07, 6.45) is 5.62. The van der Waals surface area contributed by atoms with Crippen molar-refractivity contribution in [1.29, 1.82) is 0 Å². The highest BCUT2D eigenvalue weighted by Gasteiger charge is 2.43. The molecule has 1 fully saturated rings. The van der Waals surface area contributed by atoms with Crippen molar-refractivity contribution in [2.75, 3.05) is 13.2 Å². The van der Waals surface area contributed by atoms with Crippen LogP contribution in [0.5, 0.6) is 0 Å². The summed E-state index contributed by atoms with van der Waals surface area (Å²) < 4.78 is 0. The lowest BCUT2D eigenvalue weighted by Gasteiger charge is -2.13. The zero-order chi connectivity index (χ0) is 11.4. The van der Waals surface area contributed by atoms with Crippen LogP contribution in [-0.4, -0.2) is 18.3 Å². The Morgan fingerprint density at radius 3 is 2.69 bits per heavy atom. The molecule has 1 aromatic carbocycles. The molecule has 0 saturated heterocycles. The molecule has 1 saturated carbocycles. The molecule has 1 aromatic rings. The van der Waals surface area contributed by atoms with E-state index in [1.165, 1.54) is 11.1 Å². The molecule has 0 amide bonds. The van der Waals surface area contributed by atoms with E-state index in [0.29, 0.717) is 6.61 Å². The van der Waals surface area contributed by atoms with Crippen molar-refractivity contribution in [3.63, 3.8) is 0 Å². The van der Waals surface area contributed by atoms with Crippen LogP contribution in [0.2, 0.25) is 0 Å². The largest absolute Gasteiger partial charge is 0.395 e. The van der Waals surface area contributed by atoms with E-state index < -0.39 is 0 Å². The second-order valence-corrected chi connectivity index (χ2v) is 4.88. The monoisotopic (exact) mass is 219 g/mol. The summed E-state index contributed by atoms with van der Waals surface area (Å²) in [7, 11) is 0. The number of rotatable bonds is 6. The van der Waals surface area contributed by atoms with E-state index in [2.05, 4.69) is 24.3 Å². The van der Waals surface area contributed by atoms with Crippen LogP contribution in [0.4, 0.5) is 0 Å². The predicted octanol–water partition coefficient (Wildman–Crippen LogP) is 1.99. The Morgan fingerprint density at radius 2 is 2.06 bits per heavy atom. The van der Waals surface area contributed by atoms with Gasteiger partial charge in [-0.25, -0.2) is 0 Å². The molecule has 0 heterocycles. The predicted molar refractivity (Wildman–Crippen MR) is 66.4 cm³/mol. The van der Waals surface area contributed by atoms with Crippen LogP contribution in [0.15, 0.2) is 24.3 Å². The molecule has 3 N–H and O–H groups in total. The van der Waals surface area contributed by atoms with Gasteiger partial charge in [-0.05, 0) is 49.8 Å². The Hall–Kier alpha value is -0.860. The van der Waals surface area contributed by atoms with Gasteiger partial charge in [-0.1, -0.05) is 24.3 Å². The Labute approximate surface area is 97.5 Å².